The van der Waals surface area contributed by atoms with Crippen molar-refractivity contribution in [2.24, 2.45) is 0 Å². The quantitative estimate of drug-likeness (QED) is 0.108. The molecule has 2 heterocycles. The number of hydrogen-bond donors (Lipinski definition) is 0. The Morgan fingerprint density at radius 3 is 1.88 bits per heavy atom. The minimum absolute atomic E-state index is 0.0965. The molecule has 4 rings (SSSR count). The zero-order chi connectivity index (χ0) is 35.8. The van der Waals surface area contributed by atoms with Crippen LogP contribution in [0.15, 0.2) is 42.5 Å². The SMILES string of the molecule is CC(C)[Si](OCc1nnc(-c2nnn(Cc3cc(C(F)(F)F)cc(C(F)(F)F)c3)c2N(C)C)n1Cc1ccccc1Cl)(C(C)C)C(C)C. The van der Waals surface area contributed by atoms with Gasteiger partial charge in [-0.3, -0.25) is 0 Å². The Morgan fingerprint density at radius 2 is 1.38 bits per heavy atom. The predicted octanol–water partition coefficient (Wildman–Crippen LogP) is 9.08. The van der Waals surface area contributed by atoms with E-state index in [-0.39, 0.29) is 36.3 Å². The molecule has 2 aromatic heterocycles. The van der Waals surface area contributed by atoms with Crippen molar-refractivity contribution in [1.29, 1.82) is 0 Å². The lowest BCUT2D eigenvalue weighted by molar-refractivity contribution is -0.143. The van der Waals surface area contributed by atoms with Gasteiger partial charge in [0, 0.05) is 19.1 Å². The number of alkyl halides is 6. The fourth-order valence-corrected chi connectivity index (χ4v) is 12.1. The van der Waals surface area contributed by atoms with Crippen LogP contribution < -0.4 is 4.90 Å². The van der Waals surface area contributed by atoms with Gasteiger partial charge in [0.05, 0.1) is 30.8 Å². The Kier molecular flexibility index (Phi) is 11.1. The van der Waals surface area contributed by atoms with Crippen LogP contribution in [0.5, 0.6) is 0 Å². The molecule has 0 N–H and O–H groups in total. The highest BCUT2D eigenvalue weighted by atomic mass is 35.5. The largest absolute Gasteiger partial charge is 0.416 e. The highest BCUT2D eigenvalue weighted by Crippen LogP contribution is 2.43. The first kappa shape index (κ1) is 37.4. The van der Waals surface area contributed by atoms with Crippen molar-refractivity contribution in [2.75, 3.05) is 19.0 Å². The molecule has 8 nitrogen and oxygen atoms in total. The Hall–Kier alpha value is -3.43. The van der Waals surface area contributed by atoms with E-state index >= 15 is 0 Å². The minimum atomic E-state index is -4.98. The summed E-state index contributed by atoms with van der Waals surface area (Å²) in [5, 5.41) is 17.9. The van der Waals surface area contributed by atoms with Crippen LogP contribution in [0.3, 0.4) is 0 Å². The molecule has 0 aliphatic carbocycles. The summed E-state index contributed by atoms with van der Waals surface area (Å²) < 4.78 is 91.4. The van der Waals surface area contributed by atoms with Crippen LogP contribution >= 0.6 is 11.6 Å². The van der Waals surface area contributed by atoms with Crippen molar-refractivity contribution in [3.8, 4) is 11.5 Å². The van der Waals surface area contributed by atoms with Gasteiger partial charge in [0.15, 0.2) is 23.2 Å². The predicted molar refractivity (Wildman–Crippen MR) is 175 cm³/mol. The molecule has 0 radical (unpaired) electrons. The molecule has 0 fully saturated rings. The molecule has 4 aromatic rings. The Balaban J connectivity index is 1.83. The Labute approximate surface area is 282 Å². The fraction of sp³-hybridized carbons (Fsp3) is 0.500. The lowest BCUT2D eigenvalue weighted by Crippen LogP contribution is -2.47. The number of anilines is 1. The maximum atomic E-state index is 13.6. The normalized spacial score (nSPS) is 13.0. The molecule has 0 amide bonds. The molecule has 0 atom stereocenters. The minimum Gasteiger partial charge on any atom is -0.409 e. The second-order valence-corrected chi connectivity index (χ2v) is 18.8. The molecule has 0 unspecified atom stereocenters. The van der Waals surface area contributed by atoms with Gasteiger partial charge in [-0.2, -0.15) is 26.3 Å². The van der Waals surface area contributed by atoms with Crippen LogP contribution in [0, 0.1) is 0 Å². The number of rotatable bonds is 12. The summed E-state index contributed by atoms with van der Waals surface area (Å²) in [6.45, 7) is 13.0. The number of aromatic nitrogens is 6. The van der Waals surface area contributed by atoms with Crippen LogP contribution in [-0.4, -0.2) is 52.2 Å². The van der Waals surface area contributed by atoms with Crippen molar-refractivity contribution in [3.63, 3.8) is 0 Å². The van der Waals surface area contributed by atoms with Gasteiger partial charge in [0.1, 0.15) is 0 Å². The molecular weight excluding hydrogens is 676 g/mol. The smallest absolute Gasteiger partial charge is 0.409 e. The van der Waals surface area contributed by atoms with Gasteiger partial charge < -0.3 is 13.9 Å². The van der Waals surface area contributed by atoms with E-state index < -0.39 is 38.3 Å². The Bertz CT molecular complexity index is 1660. The van der Waals surface area contributed by atoms with Gasteiger partial charge in [-0.1, -0.05) is 76.6 Å². The molecular formula is C32H40ClF6N7OSi. The topological polar surface area (TPSA) is 73.9 Å². The first-order chi connectivity index (χ1) is 22.3. The van der Waals surface area contributed by atoms with Gasteiger partial charge in [0.25, 0.3) is 0 Å². The monoisotopic (exact) mass is 715 g/mol. The van der Waals surface area contributed by atoms with E-state index in [1.54, 1.807) is 25.1 Å². The molecule has 0 saturated heterocycles. The van der Waals surface area contributed by atoms with Crippen molar-refractivity contribution in [1.82, 2.24) is 29.8 Å². The summed E-state index contributed by atoms with van der Waals surface area (Å²) in [5.74, 6) is 1.10. The highest BCUT2D eigenvalue weighted by molar-refractivity contribution is 6.77. The first-order valence-electron chi connectivity index (χ1n) is 15.5. The lowest BCUT2D eigenvalue weighted by atomic mass is 10.0. The van der Waals surface area contributed by atoms with Crippen molar-refractivity contribution in [3.05, 3.63) is 75.6 Å². The third kappa shape index (κ3) is 7.73. The summed E-state index contributed by atoms with van der Waals surface area (Å²) >= 11 is 6.55. The average molecular weight is 716 g/mol. The third-order valence-electron chi connectivity index (χ3n) is 8.60. The summed E-state index contributed by atoms with van der Waals surface area (Å²) in [7, 11) is 1.01. The zero-order valence-electron chi connectivity index (χ0n) is 28.1. The van der Waals surface area contributed by atoms with Crippen LogP contribution in [0.1, 0.15) is 69.6 Å². The molecule has 0 aliphatic rings. The molecule has 0 spiro atoms. The van der Waals surface area contributed by atoms with E-state index in [1.165, 1.54) is 4.68 Å². The van der Waals surface area contributed by atoms with Crippen LogP contribution in [0.4, 0.5) is 32.2 Å². The van der Waals surface area contributed by atoms with Crippen LogP contribution in [0.25, 0.3) is 11.5 Å². The van der Waals surface area contributed by atoms with E-state index in [0.717, 1.165) is 5.56 Å². The average Bonchev–Trinajstić information content (AvgIpc) is 3.56. The Morgan fingerprint density at radius 1 is 0.812 bits per heavy atom. The maximum absolute atomic E-state index is 13.6. The summed E-state index contributed by atoms with van der Waals surface area (Å²) in [5.41, 5.74) is -1.14. The van der Waals surface area contributed by atoms with Crippen molar-refractivity contribution >= 4 is 25.7 Å². The summed E-state index contributed by atoms with van der Waals surface area (Å²) in [4.78, 5) is 1.62. The van der Waals surface area contributed by atoms with E-state index in [1.807, 2.05) is 22.8 Å². The van der Waals surface area contributed by atoms with Gasteiger partial charge >= 0.3 is 12.4 Å². The van der Waals surface area contributed by atoms with Crippen molar-refractivity contribution in [2.45, 2.75) is 90.2 Å². The van der Waals surface area contributed by atoms with Gasteiger partial charge in [-0.25, -0.2) is 4.68 Å². The van der Waals surface area contributed by atoms with Gasteiger partial charge in [0.2, 0.25) is 8.32 Å². The first-order valence-corrected chi connectivity index (χ1v) is 18.0. The zero-order valence-corrected chi connectivity index (χ0v) is 29.8. The molecule has 0 saturated carbocycles. The standard InChI is InChI=1S/C32H40ClF6N7OSi/c1-19(2)48(20(3)4,21(5)6)47-18-27-40-42-29(45(27)17-23-11-9-10-12-26(23)33)28-30(44(7)8)46(43-41-28)16-22-13-24(31(34,35)36)15-25(14-22)32(37,38)39/h9-15,19-21H,16-18H2,1-8H3. The summed E-state index contributed by atoms with van der Waals surface area (Å²) in [6.07, 6.45) is -9.97. The van der Waals surface area contributed by atoms with Crippen molar-refractivity contribution < 1.29 is 30.8 Å². The molecule has 0 bridgehead atoms. The molecule has 262 valence electrons. The molecule has 16 heteroatoms. The fourth-order valence-electron chi connectivity index (χ4n) is 6.56. The number of hydrogen-bond acceptors (Lipinski definition) is 6. The summed E-state index contributed by atoms with van der Waals surface area (Å²) in [6, 6.07) is 8.74. The second-order valence-electron chi connectivity index (χ2n) is 13.0. The lowest BCUT2D eigenvalue weighted by Gasteiger charge is -2.42. The van der Waals surface area contributed by atoms with Gasteiger partial charge in [-0.15, -0.1) is 15.3 Å². The molecule has 0 aliphatic heterocycles. The third-order valence-corrected chi connectivity index (χ3v) is 15.0. The van der Waals surface area contributed by atoms with Crippen LogP contribution in [-0.2, 0) is 36.5 Å². The maximum Gasteiger partial charge on any atom is 0.416 e. The number of benzene rings is 2. The number of halogens is 7. The van der Waals surface area contributed by atoms with E-state index in [9.17, 15) is 26.3 Å². The van der Waals surface area contributed by atoms with E-state index in [0.29, 0.717) is 45.4 Å². The van der Waals surface area contributed by atoms with Crippen LogP contribution in [0.2, 0.25) is 21.6 Å². The van der Waals surface area contributed by atoms with E-state index in [2.05, 4.69) is 62.1 Å². The van der Waals surface area contributed by atoms with E-state index in [4.69, 9.17) is 16.0 Å². The van der Waals surface area contributed by atoms with Gasteiger partial charge in [-0.05, 0) is 52.0 Å². The molecule has 2 aromatic carbocycles. The second kappa shape index (κ2) is 14.2. The number of nitrogens with zero attached hydrogens (tertiary/aromatic N) is 7. The highest BCUT2D eigenvalue weighted by Gasteiger charge is 2.45. The molecule has 48 heavy (non-hydrogen) atoms.